The van der Waals surface area contributed by atoms with Crippen LogP contribution in [0.25, 0.3) is 0 Å². The van der Waals surface area contributed by atoms with E-state index in [-0.39, 0.29) is 0 Å². The molecule has 2 aromatic rings. The van der Waals surface area contributed by atoms with Crippen LogP contribution >= 0.6 is 11.3 Å². The SMILES string of the molecule is CCc1cc(CN)cc(N(C)C(C)Cc2cccs2)n1. The highest BCUT2D eigenvalue weighted by Gasteiger charge is 2.13. The number of hydrogen-bond donors (Lipinski definition) is 1. The van der Waals surface area contributed by atoms with Gasteiger partial charge in [-0.1, -0.05) is 13.0 Å². The fourth-order valence-corrected chi connectivity index (χ4v) is 3.02. The monoisotopic (exact) mass is 289 g/mol. The largest absolute Gasteiger partial charge is 0.357 e. The lowest BCUT2D eigenvalue weighted by Crippen LogP contribution is -2.31. The Bertz CT molecular complexity index is 514. The zero-order valence-corrected chi connectivity index (χ0v) is 13.3. The molecular weight excluding hydrogens is 266 g/mol. The van der Waals surface area contributed by atoms with E-state index < -0.39 is 0 Å². The predicted molar refractivity (Wildman–Crippen MR) is 87.4 cm³/mol. The van der Waals surface area contributed by atoms with E-state index in [1.165, 1.54) is 4.88 Å². The van der Waals surface area contributed by atoms with Crippen LogP contribution in [0.4, 0.5) is 5.82 Å². The highest BCUT2D eigenvalue weighted by Crippen LogP contribution is 2.20. The summed E-state index contributed by atoms with van der Waals surface area (Å²) < 4.78 is 0. The topological polar surface area (TPSA) is 42.1 Å². The predicted octanol–water partition coefficient (Wildman–Crippen LogP) is 3.23. The molecule has 0 aliphatic rings. The molecule has 0 bridgehead atoms. The second-order valence-corrected chi connectivity index (χ2v) is 6.16. The van der Waals surface area contributed by atoms with Crippen LogP contribution in [-0.2, 0) is 19.4 Å². The maximum absolute atomic E-state index is 5.78. The van der Waals surface area contributed by atoms with Gasteiger partial charge in [0, 0.05) is 36.6 Å². The maximum atomic E-state index is 5.78. The highest BCUT2D eigenvalue weighted by atomic mass is 32.1. The van der Waals surface area contributed by atoms with Crippen molar-refractivity contribution >= 4 is 17.2 Å². The van der Waals surface area contributed by atoms with Gasteiger partial charge in [0.1, 0.15) is 5.82 Å². The Labute approximate surface area is 125 Å². The maximum Gasteiger partial charge on any atom is 0.129 e. The average Bonchev–Trinajstić information content (AvgIpc) is 2.98. The molecule has 108 valence electrons. The number of rotatable bonds is 6. The molecule has 0 amide bonds. The van der Waals surface area contributed by atoms with Gasteiger partial charge in [-0.2, -0.15) is 0 Å². The summed E-state index contributed by atoms with van der Waals surface area (Å²) in [7, 11) is 2.11. The zero-order valence-electron chi connectivity index (χ0n) is 12.5. The highest BCUT2D eigenvalue weighted by molar-refractivity contribution is 7.09. The molecule has 2 aromatic heterocycles. The van der Waals surface area contributed by atoms with Crippen LogP contribution in [0.2, 0.25) is 0 Å². The number of aromatic nitrogens is 1. The molecule has 2 rings (SSSR count). The fourth-order valence-electron chi connectivity index (χ4n) is 2.20. The molecule has 4 heteroatoms. The van der Waals surface area contributed by atoms with Gasteiger partial charge in [0.2, 0.25) is 0 Å². The summed E-state index contributed by atoms with van der Waals surface area (Å²) >= 11 is 1.81. The van der Waals surface area contributed by atoms with Crippen molar-refractivity contribution in [2.45, 2.75) is 39.3 Å². The van der Waals surface area contributed by atoms with Gasteiger partial charge in [0.05, 0.1) is 0 Å². The standard InChI is InChI=1S/C16H23N3S/c1-4-14-9-13(11-17)10-16(18-14)19(3)12(2)8-15-6-5-7-20-15/h5-7,9-10,12H,4,8,11,17H2,1-3H3. The summed E-state index contributed by atoms with van der Waals surface area (Å²) in [4.78, 5) is 8.38. The van der Waals surface area contributed by atoms with Crippen molar-refractivity contribution in [2.75, 3.05) is 11.9 Å². The van der Waals surface area contributed by atoms with E-state index >= 15 is 0 Å². The number of nitrogens with two attached hydrogens (primary N) is 1. The van der Waals surface area contributed by atoms with Crippen LogP contribution in [0.15, 0.2) is 29.6 Å². The first kappa shape index (κ1) is 15.0. The summed E-state index contributed by atoms with van der Waals surface area (Å²) in [5.41, 5.74) is 8.05. The molecular formula is C16H23N3S. The first-order chi connectivity index (χ1) is 9.63. The molecule has 2 heterocycles. The van der Waals surface area contributed by atoms with E-state index in [0.29, 0.717) is 12.6 Å². The van der Waals surface area contributed by atoms with E-state index in [1.54, 1.807) is 0 Å². The summed E-state index contributed by atoms with van der Waals surface area (Å²) in [6.45, 7) is 4.93. The third-order valence-electron chi connectivity index (χ3n) is 3.62. The zero-order chi connectivity index (χ0) is 14.5. The van der Waals surface area contributed by atoms with Crippen molar-refractivity contribution in [3.05, 3.63) is 45.8 Å². The minimum atomic E-state index is 0.416. The van der Waals surface area contributed by atoms with Crippen LogP contribution < -0.4 is 10.6 Å². The van der Waals surface area contributed by atoms with Crippen molar-refractivity contribution in [1.29, 1.82) is 0 Å². The lowest BCUT2D eigenvalue weighted by Gasteiger charge is -2.26. The van der Waals surface area contributed by atoms with Gasteiger partial charge in [-0.3, -0.25) is 0 Å². The van der Waals surface area contributed by atoms with E-state index in [4.69, 9.17) is 10.7 Å². The smallest absolute Gasteiger partial charge is 0.129 e. The van der Waals surface area contributed by atoms with Gasteiger partial charge in [0.25, 0.3) is 0 Å². The molecule has 0 aliphatic heterocycles. The Kier molecular flexibility index (Phi) is 5.15. The fraction of sp³-hybridized carbons (Fsp3) is 0.438. The van der Waals surface area contributed by atoms with Gasteiger partial charge in [-0.25, -0.2) is 4.98 Å². The summed E-state index contributed by atoms with van der Waals surface area (Å²) in [5, 5.41) is 2.13. The van der Waals surface area contributed by atoms with Crippen LogP contribution in [0.5, 0.6) is 0 Å². The molecule has 2 N–H and O–H groups in total. The van der Waals surface area contributed by atoms with Crippen LogP contribution in [0, 0.1) is 0 Å². The van der Waals surface area contributed by atoms with Crippen molar-refractivity contribution in [3.8, 4) is 0 Å². The van der Waals surface area contributed by atoms with Crippen molar-refractivity contribution < 1.29 is 0 Å². The Morgan fingerprint density at radius 3 is 2.80 bits per heavy atom. The van der Waals surface area contributed by atoms with Crippen molar-refractivity contribution in [1.82, 2.24) is 4.98 Å². The second kappa shape index (κ2) is 6.86. The Morgan fingerprint density at radius 1 is 1.40 bits per heavy atom. The molecule has 1 unspecified atom stereocenters. The Morgan fingerprint density at radius 2 is 2.20 bits per heavy atom. The summed E-state index contributed by atoms with van der Waals surface area (Å²) in [6.07, 6.45) is 1.98. The number of likely N-dealkylation sites (N-methyl/N-ethyl adjacent to an activating group) is 1. The summed E-state index contributed by atoms with van der Waals surface area (Å²) in [5.74, 6) is 1.02. The van der Waals surface area contributed by atoms with Gasteiger partial charge < -0.3 is 10.6 Å². The molecule has 0 spiro atoms. The molecule has 0 aromatic carbocycles. The third kappa shape index (κ3) is 3.58. The van der Waals surface area contributed by atoms with Gasteiger partial charge >= 0.3 is 0 Å². The molecule has 0 fully saturated rings. The lowest BCUT2D eigenvalue weighted by atomic mass is 10.1. The normalized spacial score (nSPS) is 12.4. The van der Waals surface area contributed by atoms with Crippen LogP contribution in [0.1, 0.15) is 30.0 Å². The van der Waals surface area contributed by atoms with Crippen molar-refractivity contribution in [3.63, 3.8) is 0 Å². The minimum absolute atomic E-state index is 0.416. The summed E-state index contributed by atoms with van der Waals surface area (Å²) in [6, 6.07) is 8.91. The number of pyridine rings is 1. The van der Waals surface area contributed by atoms with E-state index in [0.717, 1.165) is 29.9 Å². The van der Waals surface area contributed by atoms with Crippen LogP contribution in [-0.4, -0.2) is 18.1 Å². The first-order valence-electron chi connectivity index (χ1n) is 7.09. The molecule has 0 saturated heterocycles. The third-order valence-corrected chi connectivity index (χ3v) is 4.52. The Balaban J connectivity index is 2.16. The second-order valence-electron chi connectivity index (χ2n) is 5.13. The number of aryl methyl sites for hydroxylation is 1. The van der Waals surface area contributed by atoms with E-state index in [9.17, 15) is 0 Å². The molecule has 20 heavy (non-hydrogen) atoms. The molecule has 0 aliphatic carbocycles. The number of thiophene rings is 1. The van der Waals surface area contributed by atoms with E-state index in [1.807, 2.05) is 11.3 Å². The molecule has 0 radical (unpaired) electrons. The molecule has 3 nitrogen and oxygen atoms in total. The van der Waals surface area contributed by atoms with Crippen LogP contribution in [0.3, 0.4) is 0 Å². The Hall–Kier alpha value is -1.39. The van der Waals surface area contributed by atoms with Gasteiger partial charge in [-0.05, 0) is 42.5 Å². The van der Waals surface area contributed by atoms with Gasteiger partial charge in [0.15, 0.2) is 0 Å². The average molecular weight is 289 g/mol. The first-order valence-corrected chi connectivity index (χ1v) is 7.97. The quantitative estimate of drug-likeness (QED) is 0.887. The van der Waals surface area contributed by atoms with E-state index in [2.05, 4.69) is 55.4 Å². The molecule has 0 saturated carbocycles. The number of anilines is 1. The van der Waals surface area contributed by atoms with Crippen molar-refractivity contribution in [2.24, 2.45) is 5.73 Å². The number of nitrogens with zero attached hydrogens (tertiary/aromatic N) is 2. The minimum Gasteiger partial charge on any atom is -0.357 e. The molecule has 1 atom stereocenters. The lowest BCUT2D eigenvalue weighted by molar-refractivity contribution is 0.678. The van der Waals surface area contributed by atoms with Gasteiger partial charge in [-0.15, -0.1) is 11.3 Å². The number of hydrogen-bond acceptors (Lipinski definition) is 4.